The van der Waals surface area contributed by atoms with Crippen LogP contribution >= 0.6 is 22.7 Å². The second-order valence-corrected chi connectivity index (χ2v) is 13.2. The molecule has 3 fully saturated rings. The summed E-state index contributed by atoms with van der Waals surface area (Å²) in [6.07, 6.45) is 7.63. The lowest BCUT2D eigenvalue weighted by molar-refractivity contribution is -0.128. The summed E-state index contributed by atoms with van der Waals surface area (Å²) in [6.45, 7) is 5.29. The van der Waals surface area contributed by atoms with Gasteiger partial charge in [0.05, 0.1) is 11.0 Å². The van der Waals surface area contributed by atoms with Crippen LogP contribution in [0.25, 0.3) is 0 Å². The first kappa shape index (κ1) is 26.8. The minimum Gasteiger partial charge on any atom is -0.377 e. The van der Waals surface area contributed by atoms with E-state index < -0.39 is 6.04 Å². The third-order valence-corrected chi connectivity index (χ3v) is 9.97. The molecular formula is C28H40N4O3S2. The molecule has 0 spiro atoms. The highest BCUT2D eigenvalue weighted by molar-refractivity contribution is 7.12. The van der Waals surface area contributed by atoms with Crippen LogP contribution in [-0.2, 0) is 16.1 Å². The molecule has 37 heavy (non-hydrogen) atoms. The van der Waals surface area contributed by atoms with Crippen LogP contribution < -0.4 is 11.1 Å². The van der Waals surface area contributed by atoms with Gasteiger partial charge in [-0.15, -0.1) is 22.7 Å². The Morgan fingerprint density at radius 3 is 2.68 bits per heavy atom. The molecule has 9 heteroatoms. The molecule has 2 aromatic rings. The number of rotatable bonds is 8. The van der Waals surface area contributed by atoms with Gasteiger partial charge in [0.15, 0.2) is 0 Å². The Kier molecular flexibility index (Phi) is 8.97. The van der Waals surface area contributed by atoms with E-state index >= 15 is 0 Å². The monoisotopic (exact) mass is 544 g/mol. The van der Waals surface area contributed by atoms with Crippen molar-refractivity contribution in [2.24, 2.45) is 5.73 Å². The van der Waals surface area contributed by atoms with Gasteiger partial charge in [0, 0.05) is 54.1 Å². The summed E-state index contributed by atoms with van der Waals surface area (Å²) in [4.78, 5) is 34.9. The number of piperidine rings is 1. The Morgan fingerprint density at radius 1 is 1.16 bits per heavy atom. The molecule has 2 unspecified atom stereocenters. The first-order valence-electron chi connectivity index (χ1n) is 13.8. The van der Waals surface area contributed by atoms with Gasteiger partial charge in [0.25, 0.3) is 5.91 Å². The van der Waals surface area contributed by atoms with Gasteiger partial charge in [-0.25, -0.2) is 0 Å². The maximum absolute atomic E-state index is 13.7. The number of hydrogen-bond donors (Lipinski definition) is 2. The van der Waals surface area contributed by atoms with Gasteiger partial charge < -0.3 is 20.7 Å². The zero-order valence-corrected chi connectivity index (χ0v) is 23.4. The molecule has 0 bridgehead atoms. The first-order valence-corrected chi connectivity index (χ1v) is 15.5. The highest BCUT2D eigenvalue weighted by Crippen LogP contribution is 2.29. The fourth-order valence-corrected chi connectivity index (χ4v) is 7.63. The van der Waals surface area contributed by atoms with E-state index in [1.165, 1.54) is 21.1 Å². The molecule has 7 nitrogen and oxygen atoms in total. The summed E-state index contributed by atoms with van der Waals surface area (Å²) >= 11 is 3.28. The summed E-state index contributed by atoms with van der Waals surface area (Å²) < 4.78 is 6.02. The normalized spacial score (nSPS) is 28.5. The minimum absolute atomic E-state index is 0.0147. The summed E-state index contributed by atoms with van der Waals surface area (Å²) in [5, 5.41) is 5.22. The van der Waals surface area contributed by atoms with Crippen LogP contribution in [-0.4, -0.2) is 71.6 Å². The van der Waals surface area contributed by atoms with Crippen molar-refractivity contribution in [3.63, 3.8) is 0 Å². The number of hydrogen-bond acceptors (Lipinski definition) is 7. The van der Waals surface area contributed by atoms with Crippen molar-refractivity contribution in [1.82, 2.24) is 15.1 Å². The largest absolute Gasteiger partial charge is 0.377 e. The lowest BCUT2D eigenvalue weighted by Crippen LogP contribution is -2.59. The lowest BCUT2D eigenvalue weighted by Gasteiger charge is -2.43. The van der Waals surface area contributed by atoms with Gasteiger partial charge in [-0.2, -0.15) is 0 Å². The van der Waals surface area contributed by atoms with Gasteiger partial charge >= 0.3 is 0 Å². The zero-order valence-electron chi connectivity index (χ0n) is 21.8. The minimum atomic E-state index is -0.471. The number of nitrogens with zero attached hydrogens (tertiary/aromatic N) is 2. The average molecular weight is 545 g/mol. The summed E-state index contributed by atoms with van der Waals surface area (Å²) in [7, 11) is 0. The maximum Gasteiger partial charge on any atom is 0.264 e. The first-order chi connectivity index (χ1) is 18.0. The Labute approximate surface area is 228 Å². The zero-order chi connectivity index (χ0) is 25.8. The van der Waals surface area contributed by atoms with Gasteiger partial charge in [-0.1, -0.05) is 6.07 Å². The number of likely N-dealkylation sites (tertiary alicyclic amines) is 1. The van der Waals surface area contributed by atoms with Crippen molar-refractivity contribution in [2.45, 2.75) is 95.1 Å². The molecule has 0 aromatic carbocycles. The van der Waals surface area contributed by atoms with Crippen LogP contribution in [0.4, 0.5) is 0 Å². The topological polar surface area (TPSA) is 87.9 Å². The number of aryl methyl sites for hydroxylation is 1. The van der Waals surface area contributed by atoms with Crippen LogP contribution in [0.15, 0.2) is 29.6 Å². The molecule has 2 amide bonds. The van der Waals surface area contributed by atoms with Gasteiger partial charge in [-0.3, -0.25) is 14.5 Å². The van der Waals surface area contributed by atoms with E-state index in [9.17, 15) is 9.59 Å². The predicted octanol–water partition coefficient (Wildman–Crippen LogP) is 4.16. The summed E-state index contributed by atoms with van der Waals surface area (Å²) in [5.74, 6) is -0.0436. The van der Waals surface area contributed by atoms with E-state index in [4.69, 9.17) is 10.5 Å². The fraction of sp³-hybridized carbons (Fsp3) is 0.643. The SMILES string of the molecule is Cc1ccc(CN(CC2CCCO2)C2CCN(C(=O)c3cccs3)[C@@H](C(=O)NC3CCC(N)CC3)C2)s1. The van der Waals surface area contributed by atoms with Crippen molar-refractivity contribution in [2.75, 3.05) is 19.7 Å². The van der Waals surface area contributed by atoms with Crippen LogP contribution in [0.3, 0.4) is 0 Å². The third kappa shape index (κ3) is 6.81. The van der Waals surface area contributed by atoms with Crippen molar-refractivity contribution in [1.29, 1.82) is 0 Å². The Morgan fingerprint density at radius 2 is 2.00 bits per heavy atom. The molecule has 1 aliphatic carbocycles. The second-order valence-electron chi connectivity index (χ2n) is 10.9. The molecule has 2 aromatic heterocycles. The molecule has 2 aliphatic heterocycles. The predicted molar refractivity (Wildman–Crippen MR) is 149 cm³/mol. The number of ether oxygens (including phenoxy) is 1. The molecule has 4 heterocycles. The quantitative estimate of drug-likeness (QED) is 0.521. The summed E-state index contributed by atoms with van der Waals surface area (Å²) in [6, 6.07) is 8.28. The number of carbonyl (C=O) groups is 2. The second kappa shape index (κ2) is 12.4. The van der Waals surface area contributed by atoms with E-state index in [1.807, 2.05) is 33.7 Å². The highest BCUT2D eigenvalue weighted by Gasteiger charge is 2.40. The van der Waals surface area contributed by atoms with Crippen molar-refractivity contribution in [3.05, 3.63) is 44.3 Å². The molecule has 202 valence electrons. The van der Waals surface area contributed by atoms with Gasteiger partial charge in [0.1, 0.15) is 6.04 Å². The molecule has 3 N–H and O–H groups in total. The van der Waals surface area contributed by atoms with E-state index in [1.54, 1.807) is 0 Å². The van der Waals surface area contributed by atoms with E-state index in [0.29, 0.717) is 17.8 Å². The molecule has 1 saturated carbocycles. The maximum atomic E-state index is 13.7. The van der Waals surface area contributed by atoms with Crippen molar-refractivity contribution in [3.8, 4) is 0 Å². The van der Waals surface area contributed by atoms with Crippen LogP contribution in [0.5, 0.6) is 0 Å². The third-order valence-electron chi connectivity index (χ3n) is 8.12. The van der Waals surface area contributed by atoms with E-state index in [2.05, 4.69) is 29.3 Å². The molecule has 2 saturated heterocycles. The highest BCUT2D eigenvalue weighted by atomic mass is 32.1. The molecular weight excluding hydrogens is 504 g/mol. The Bertz CT molecular complexity index is 1030. The van der Waals surface area contributed by atoms with Crippen LogP contribution in [0, 0.1) is 6.92 Å². The van der Waals surface area contributed by atoms with Crippen molar-refractivity contribution >= 4 is 34.5 Å². The Hall–Kier alpha value is -1.78. The van der Waals surface area contributed by atoms with E-state index in [-0.39, 0.29) is 36.0 Å². The van der Waals surface area contributed by atoms with Gasteiger partial charge in [0.2, 0.25) is 5.91 Å². The number of thiophene rings is 2. The van der Waals surface area contributed by atoms with Gasteiger partial charge in [-0.05, 0) is 81.9 Å². The molecule has 3 aliphatic rings. The number of carbonyl (C=O) groups excluding carboxylic acids is 2. The Balaban J connectivity index is 1.34. The standard InChI is InChI=1S/C28H40N4O3S2/c1-19-6-11-24(37-19)18-31(17-23-4-2-14-35-23)22-12-13-32(28(34)26-5-3-15-36-26)25(16-22)27(33)30-21-9-7-20(29)8-10-21/h3,5-6,11,15,20-23,25H,2,4,7-10,12-14,16-18,29H2,1H3,(H,30,33)/t20?,21?,22?,23?,25-/m1/s1. The molecule has 5 rings (SSSR count). The van der Waals surface area contributed by atoms with Crippen LogP contribution in [0.1, 0.15) is 70.8 Å². The van der Waals surface area contributed by atoms with E-state index in [0.717, 1.165) is 64.6 Å². The smallest absolute Gasteiger partial charge is 0.264 e. The number of nitrogens with one attached hydrogen (secondary N) is 1. The van der Waals surface area contributed by atoms with Crippen molar-refractivity contribution < 1.29 is 14.3 Å². The number of amides is 2. The molecule has 3 atom stereocenters. The fourth-order valence-electron chi connectivity index (χ4n) is 6.04. The van der Waals surface area contributed by atoms with Crippen LogP contribution in [0.2, 0.25) is 0 Å². The summed E-state index contributed by atoms with van der Waals surface area (Å²) in [5.41, 5.74) is 6.09. The average Bonchev–Trinajstić information content (AvgIpc) is 3.68. The molecule has 0 radical (unpaired) electrons. The number of nitrogens with two attached hydrogens (primary N) is 1. The lowest BCUT2D eigenvalue weighted by atomic mass is 9.90.